The predicted molar refractivity (Wildman–Crippen MR) is 132 cm³/mol. The van der Waals surface area contributed by atoms with Gasteiger partial charge in [-0.25, -0.2) is 0 Å². The molecule has 0 heterocycles. The average Bonchev–Trinajstić information content (AvgIpc) is 2.78. The molecule has 32 heavy (non-hydrogen) atoms. The molecule has 4 heteroatoms. The summed E-state index contributed by atoms with van der Waals surface area (Å²) in [5, 5.41) is 13.1. The monoisotopic (exact) mass is 430 g/mol. The SMILES string of the molecule is Cc1ccc(CCN(C(=O)C(NCC(C)O)c2ccccc2)c2ccc(C)c(C)c2)cc1. The van der Waals surface area contributed by atoms with Gasteiger partial charge in [-0.1, -0.05) is 66.2 Å². The Balaban J connectivity index is 1.93. The number of anilines is 1. The molecule has 0 aliphatic carbocycles. The van der Waals surface area contributed by atoms with E-state index in [0.29, 0.717) is 13.1 Å². The molecular formula is C28H34N2O2. The Labute approximate surface area is 191 Å². The number of rotatable bonds is 9. The number of hydrogen-bond donors (Lipinski definition) is 2. The molecule has 2 atom stereocenters. The molecule has 0 fully saturated rings. The van der Waals surface area contributed by atoms with E-state index < -0.39 is 12.1 Å². The van der Waals surface area contributed by atoms with E-state index in [0.717, 1.165) is 23.2 Å². The number of aliphatic hydroxyl groups excluding tert-OH is 1. The summed E-state index contributed by atoms with van der Waals surface area (Å²) in [6, 6.07) is 23.8. The Morgan fingerprint density at radius 3 is 2.25 bits per heavy atom. The number of carbonyl (C=O) groups is 1. The van der Waals surface area contributed by atoms with Crippen LogP contribution in [-0.4, -0.2) is 30.2 Å². The second kappa shape index (κ2) is 11.1. The van der Waals surface area contributed by atoms with Gasteiger partial charge in [0.15, 0.2) is 0 Å². The molecule has 0 aliphatic rings. The van der Waals surface area contributed by atoms with Crippen LogP contribution < -0.4 is 10.2 Å². The number of aliphatic hydroxyl groups is 1. The van der Waals surface area contributed by atoms with Crippen LogP contribution in [0.4, 0.5) is 5.69 Å². The van der Waals surface area contributed by atoms with Gasteiger partial charge in [0.25, 0.3) is 0 Å². The lowest BCUT2D eigenvalue weighted by atomic mass is 10.0. The molecule has 3 rings (SSSR count). The van der Waals surface area contributed by atoms with E-state index in [4.69, 9.17) is 0 Å². The fourth-order valence-corrected chi connectivity index (χ4v) is 3.69. The number of hydrogen-bond acceptors (Lipinski definition) is 3. The zero-order valence-electron chi connectivity index (χ0n) is 19.5. The van der Waals surface area contributed by atoms with Gasteiger partial charge in [-0.3, -0.25) is 10.1 Å². The molecule has 0 spiro atoms. The number of aryl methyl sites for hydroxylation is 3. The van der Waals surface area contributed by atoms with Gasteiger partial charge < -0.3 is 10.0 Å². The van der Waals surface area contributed by atoms with Crippen LogP contribution in [0.1, 0.15) is 40.8 Å². The molecule has 3 aromatic rings. The van der Waals surface area contributed by atoms with Gasteiger partial charge in [0.1, 0.15) is 6.04 Å². The Bertz CT molecular complexity index is 1010. The molecular weight excluding hydrogens is 396 g/mol. The van der Waals surface area contributed by atoms with Crippen LogP contribution in [0.15, 0.2) is 72.8 Å². The zero-order chi connectivity index (χ0) is 23.1. The van der Waals surface area contributed by atoms with Crippen molar-refractivity contribution >= 4 is 11.6 Å². The van der Waals surface area contributed by atoms with Crippen molar-refractivity contribution in [2.24, 2.45) is 0 Å². The van der Waals surface area contributed by atoms with Crippen LogP contribution in [0.5, 0.6) is 0 Å². The highest BCUT2D eigenvalue weighted by molar-refractivity contribution is 5.98. The lowest BCUT2D eigenvalue weighted by Gasteiger charge is -2.29. The van der Waals surface area contributed by atoms with E-state index in [1.165, 1.54) is 16.7 Å². The first-order valence-corrected chi connectivity index (χ1v) is 11.3. The van der Waals surface area contributed by atoms with E-state index in [-0.39, 0.29) is 5.91 Å². The second-order valence-corrected chi connectivity index (χ2v) is 8.60. The summed E-state index contributed by atoms with van der Waals surface area (Å²) >= 11 is 0. The minimum atomic E-state index is -0.545. The quantitative estimate of drug-likeness (QED) is 0.508. The van der Waals surface area contributed by atoms with Gasteiger partial charge in [-0.15, -0.1) is 0 Å². The van der Waals surface area contributed by atoms with Crippen LogP contribution in [0.25, 0.3) is 0 Å². The molecule has 168 valence electrons. The Hall–Kier alpha value is -2.95. The molecule has 0 saturated heterocycles. The van der Waals surface area contributed by atoms with Crippen molar-refractivity contribution in [3.8, 4) is 0 Å². The molecule has 4 nitrogen and oxygen atoms in total. The van der Waals surface area contributed by atoms with Crippen molar-refractivity contribution in [2.45, 2.75) is 46.3 Å². The molecule has 3 aromatic carbocycles. The molecule has 0 radical (unpaired) electrons. The van der Waals surface area contributed by atoms with Crippen molar-refractivity contribution in [2.75, 3.05) is 18.0 Å². The molecule has 0 aromatic heterocycles. The number of nitrogens with one attached hydrogen (secondary N) is 1. The summed E-state index contributed by atoms with van der Waals surface area (Å²) < 4.78 is 0. The minimum absolute atomic E-state index is 0.0211. The van der Waals surface area contributed by atoms with Gasteiger partial charge in [0.05, 0.1) is 6.10 Å². The van der Waals surface area contributed by atoms with Crippen molar-refractivity contribution < 1.29 is 9.90 Å². The largest absolute Gasteiger partial charge is 0.392 e. The minimum Gasteiger partial charge on any atom is -0.392 e. The maximum Gasteiger partial charge on any atom is 0.248 e. The van der Waals surface area contributed by atoms with Gasteiger partial charge >= 0.3 is 0 Å². The van der Waals surface area contributed by atoms with Crippen LogP contribution in [0.3, 0.4) is 0 Å². The van der Waals surface area contributed by atoms with Crippen molar-refractivity contribution in [3.05, 3.63) is 101 Å². The molecule has 0 bridgehead atoms. The Kier molecular flexibility index (Phi) is 8.20. The molecule has 0 aliphatic heterocycles. The smallest absolute Gasteiger partial charge is 0.248 e. The third kappa shape index (κ3) is 6.28. The number of carbonyl (C=O) groups excluding carboxylic acids is 1. The number of amides is 1. The summed E-state index contributed by atoms with van der Waals surface area (Å²) in [5.74, 6) is -0.0211. The third-order valence-electron chi connectivity index (χ3n) is 5.81. The van der Waals surface area contributed by atoms with Gasteiger partial charge in [-0.05, 0) is 68.5 Å². The Morgan fingerprint density at radius 1 is 0.938 bits per heavy atom. The van der Waals surface area contributed by atoms with E-state index in [1.807, 2.05) is 41.3 Å². The van der Waals surface area contributed by atoms with Crippen molar-refractivity contribution in [3.63, 3.8) is 0 Å². The average molecular weight is 431 g/mol. The molecule has 2 N–H and O–H groups in total. The normalized spacial score (nSPS) is 12.9. The first kappa shape index (κ1) is 23.7. The van der Waals surface area contributed by atoms with Gasteiger partial charge in [0.2, 0.25) is 5.91 Å². The lowest BCUT2D eigenvalue weighted by molar-refractivity contribution is -0.120. The second-order valence-electron chi connectivity index (χ2n) is 8.60. The number of benzene rings is 3. The molecule has 1 amide bonds. The van der Waals surface area contributed by atoms with Crippen molar-refractivity contribution in [1.29, 1.82) is 0 Å². The third-order valence-corrected chi connectivity index (χ3v) is 5.81. The summed E-state index contributed by atoms with van der Waals surface area (Å²) in [6.07, 6.45) is 0.216. The Morgan fingerprint density at radius 2 is 1.62 bits per heavy atom. The topological polar surface area (TPSA) is 52.6 Å². The maximum atomic E-state index is 13.9. The lowest BCUT2D eigenvalue weighted by Crippen LogP contribution is -2.43. The fourth-order valence-electron chi connectivity index (χ4n) is 3.69. The van der Waals surface area contributed by atoms with Crippen LogP contribution in [0.2, 0.25) is 0 Å². The van der Waals surface area contributed by atoms with E-state index in [2.05, 4.69) is 62.5 Å². The first-order valence-electron chi connectivity index (χ1n) is 11.3. The molecule has 2 unspecified atom stereocenters. The standard InChI is InChI=1S/C28H34N2O2/c1-20-10-13-24(14-11-20)16-17-30(26-15-12-21(2)22(3)18-26)28(32)27(29-19-23(4)31)25-8-6-5-7-9-25/h5-15,18,23,27,29,31H,16-17,19H2,1-4H3. The van der Waals surface area contributed by atoms with E-state index in [9.17, 15) is 9.90 Å². The summed E-state index contributed by atoms with van der Waals surface area (Å²) in [7, 11) is 0. The van der Waals surface area contributed by atoms with Crippen molar-refractivity contribution in [1.82, 2.24) is 5.32 Å². The van der Waals surface area contributed by atoms with Gasteiger partial charge in [-0.2, -0.15) is 0 Å². The first-order chi connectivity index (χ1) is 15.3. The van der Waals surface area contributed by atoms with Crippen LogP contribution in [0, 0.1) is 20.8 Å². The summed E-state index contributed by atoms with van der Waals surface area (Å²) in [5.41, 5.74) is 6.57. The predicted octanol–water partition coefficient (Wildman–Crippen LogP) is 4.90. The summed E-state index contributed by atoms with van der Waals surface area (Å²) in [6.45, 7) is 8.86. The molecule has 0 saturated carbocycles. The fraction of sp³-hybridized carbons (Fsp3) is 0.321. The zero-order valence-corrected chi connectivity index (χ0v) is 19.5. The maximum absolute atomic E-state index is 13.9. The van der Waals surface area contributed by atoms with E-state index in [1.54, 1.807) is 6.92 Å². The van der Waals surface area contributed by atoms with E-state index >= 15 is 0 Å². The summed E-state index contributed by atoms with van der Waals surface area (Å²) in [4.78, 5) is 15.8. The highest BCUT2D eigenvalue weighted by Crippen LogP contribution is 2.24. The van der Waals surface area contributed by atoms with Gasteiger partial charge in [0, 0.05) is 18.8 Å². The highest BCUT2D eigenvalue weighted by Gasteiger charge is 2.27. The highest BCUT2D eigenvalue weighted by atomic mass is 16.3. The van der Waals surface area contributed by atoms with Crippen LogP contribution >= 0.6 is 0 Å². The van der Waals surface area contributed by atoms with Crippen LogP contribution in [-0.2, 0) is 11.2 Å². The number of nitrogens with zero attached hydrogens (tertiary/aromatic N) is 1.